The number of fused-ring (bicyclic) bond motifs is 3. The van der Waals surface area contributed by atoms with E-state index in [9.17, 15) is 14.4 Å². The van der Waals surface area contributed by atoms with Crippen LogP contribution in [0.2, 0.25) is 0 Å². The first-order valence-electron chi connectivity index (χ1n) is 12.6. The van der Waals surface area contributed by atoms with E-state index in [-0.39, 0.29) is 48.8 Å². The molecule has 0 spiro atoms. The largest absolute Gasteiger partial charge is 0.481 e. The third-order valence-corrected chi connectivity index (χ3v) is 7.82. The quantitative estimate of drug-likeness (QED) is 0.548. The Hall–Kier alpha value is -3.35. The number of nitrogens with one attached hydrogen (secondary N) is 2. The lowest BCUT2D eigenvalue weighted by Gasteiger charge is -2.18. The summed E-state index contributed by atoms with van der Waals surface area (Å²) in [4.78, 5) is 36.2. The molecule has 7 nitrogen and oxygen atoms in total. The molecule has 35 heavy (non-hydrogen) atoms. The standard InChI is InChI=1S/C28H32N2O5/c31-26(32)14-17-9-11-19(13-17)29-27(33)18-10-12-20(15-18)30-28(34)35-16-25-23-7-3-1-5-21(23)22-6-2-4-8-24(22)25/h1-8,17-20,25H,9-16H2,(H,29,33)(H,30,34)(H,31,32)/t17-,18-,19+,20+/m1/s1. The van der Waals surface area contributed by atoms with E-state index in [1.54, 1.807) is 0 Å². The predicted molar refractivity (Wildman–Crippen MR) is 131 cm³/mol. The average molecular weight is 477 g/mol. The molecule has 0 aromatic heterocycles. The maximum atomic E-state index is 12.7. The van der Waals surface area contributed by atoms with Crippen LogP contribution in [-0.2, 0) is 14.3 Å². The minimum atomic E-state index is -0.778. The first kappa shape index (κ1) is 23.4. The van der Waals surface area contributed by atoms with Crippen molar-refractivity contribution >= 4 is 18.0 Å². The van der Waals surface area contributed by atoms with E-state index in [4.69, 9.17) is 9.84 Å². The van der Waals surface area contributed by atoms with Crippen molar-refractivity contribution in [2.24, 2.45) is 11.8 Å². The van der Waals surface area contributed by atoms with Gasteiger partial charge in [0.2, 0.25) is 5.91 Å². The fraction of sp³-hybridized carbons (Fsp3) is 0.464. The van der Waals surface area contributed by atoms with Crippen molar-refractivity contribution in [3.05, 3.63) is 59.7 Å². The zero-order valence-electron chi connectivity index (χ0n) is 19.7. The predicted octanol–water partition coefficient (Wildman–Crippen LogP) is 4.45. The molecule has 2 aromatic carbocycles. The van der Waals surface area contributed by atoms with Crippen molar-refractivity contribution in [1.29, 1.82) is 0 Å². The Kier molecular flexibility index (Phi) is 6.75. The Bertz CT molecular complexity index is 1070. The second-order valence-electron chi connectivity index (χ2n) is 10.2. The first-order valence-corrected chi connectivity index (χ1v) is 12.6. The van der Waals surface area contributed by atoms with Gasteiger partial charge in [0.05, 0.1) is 0 Å². The summed E-state index contributed by atoms with van der Waals surface area (Å²) in [5.74, 6) is -0.730. The van der Waals surface area contributed by atoms with Crippen LogP contribution in [0.5, 0.6) is 0 Å². The molecule has 0 radical (unpaired) electrons. The lowest BCUT2D eigenvalue weighted by atomic mass is 9.98. The van der Waals surface area contributed by atoms with Gasteiger partial charge in [-0.05, 0) is 66.7 Å². The SMILES string of the molecule is O=C(O)C[C@@H]1CC[C@H](NC(=O)[C@@H]2CC[C@H](NC(=O)OCC3c4ccccc4-c4ccccc43)C2)C1. The van der Waals surface area contributed by atoms with Crippen LogP contribution >= 0.6 is 0 Å². The van der Waals surface area contributed by atoms with Gasteiger partial charge in [-0.15, -0.1) is 0 Å². The fourth-order valence-electron chi connectivity index (χ4n) is 6.11. The number of carbonyl (C=O) groups is 3. The molecule has 2 aromatic rings. The highest BCUT2D eigenvalue weighted by molar-refractivity contribution is 5.80. The van der Waals surface area contributed by atoms with Crippen LogP contribution < -0.4 is 10.6 Å². The molecular formula is C28H32N2O5. The van der Waals surface area contributed by atoms with Gasteiger partial charge in [-0.3, -0.25) is 9.59 Å². The van der Waals surface area contributed by atoms with Gasteiger partial charge in [0.25, 0.3) is 0 Å². The van der Waals surface area contributed by atoms with Gasteiger partial charge in [0.15, 0.2) is 0 Å². The maximum Gasteiger partial charge on any atom is 0.407 e. The molecule has 3 aliphatic carbocycles. The van der Waals surface area contributed by atoms with Crippen LogP contribution in [0.25, 0.3) is 11.1 Å². The van der Waals surface area contributed by atoms with Crippen LogP contribution in [0.1, 0.15) is 62.0 Å². The van der Waals surface area contributed by atoms with Gasteiger partial charge in [-0.2, -0.15) is 0 Å². The highest BCUT2D eigenvalue weighted by Gasteiger charge is 2.34. The van der Waals surface area contributed by atoms with E-state index in [0.29, 0.717) is 6.42 Å². The molecule has 3 N–H and O–H groups in total. The molecule has 3 aliphatic rings. The minimum absolute atomic E-state index is 0.0165. The number of benzene rings is 2. The number of hydrogen-bond acceptors (Lipinski definition) is 4. The number of hydrogen-bond donors (Lipinski definition) is 3. The highest BCUT2D eigenvalue weighted by atomic mass is 16.5. The van der Waals surface area contributed by atoms with Crippen molar-refractivity contribution in [3.63, 3.8) is 0 Å². The van der Waals surface area contributed by atoms with E-state index < -0.39 is 12.1 Å². The number of rotatable bonds is 7. The number of amides is 2. The van der Waals surface area contributed by atoms with Crippen molar-refractivity contribution in [1.82, 2.24) is 10.6 Å². The van der Waals surface area contributed by atoms with E-state index in [1.807, 2.05) is 24.3 Å². The van der Waals surface area contributed by atoms with Crippen LogP contribution in [0, 0.1) is 11.8 Å². The third-order valence-electron chi connectivity index (χ3n) is 7.82. The maximum absolute atomic E-state index is 12.7. The molecule has 5 rings (SSSR count). The molecule has 0 aliphatic heterocycles. The van der Waals surface area contributed by atoms with E-state index in [0.717, 1.165) is 32.1 Å². The summed E-state index contributed by atoms with van der Waals surface area (Å²) in [6.07, 6.45) is 4.20. The smallest absolute Gasteiger partial charge is 0.407 e. The zero-order valence-corrected chi connectivity index (χ0v) is 19.7. The van der Waals surface area contributed by atoms with E-state index in [2.05, 4.69) is 34.9 Å². The Morgan fingerprint density at radius 1 is 0.829 bits per heavy atom. The molecule has 0 unspecified atom stereocenters. The normalized spacial score (nSPS) is 25.0. The van der Waals surface area contributed by atoms with Crippen LogP contribution in [-0.4, -0.2) is 41.8 Å². The Morgan fingerprint density at radius 3 is 2.14 bits per heavy atom. The van der Waals surface area contributed by atoms with E-state index in [1.165, 1.54) is 22.3 Å². The van der Waals surface area contributed by atoms with Gasteiger partial charge < -0.3 is 20.5 Å². The number of carboxylic acids is 1. The Labute approximate surface area is 205 Å². The molecule has 0 heterocycles. The van der Waals surface area contributed by atoms with Crippen molar-refractivity contribution < 1.29 is 24.2 Å². The fourth-order valence-corrected chi connectivity index (χ4v) is 6.11. The average Bonchev–Trinajstić information content (AvgIpc) is 3.55. The molecule has 2 fully saturated rings. The second-order valence-corrected chi connectivity index (χ2v) is 10.2. The molecular weight excluding hydrogens is 444 g/mol. The number of carbonyl (C=O) groups excluding carboxylic acids is 2. The second kappa shape index (κ2) is 10.1. The molecule has 7 heteroatoms. The highest BCUT2D eigenvalue weighted by Crippen LogP contribution is 2.44. The molecule has 4 atom stereocenters. The molecule has 2 amide bonds. The van der Waals surface area contributed by atoms with Gasteiger partial charge in [-0.25, -0.2) is 4.79 Å². The van der Waals surface area contributed by atoms with Gasteiger partial charge in [0, 0.05) is 30.3 Å². The summed E-state index contributed by atoms with van der Waals surface area (Å²) in [7, 11) is 0. The number of carboxylic acid groups (broad SMARTS) is 1. The van der Waals surface area contributed by atoms with Crippen LogP contribution in [0.3, 0.4) is 0 Å². The molecule has 0 bridgehead atoms. The Balaban J connectivity index is 1.09. The van der Waals surface area contributed by atoms with E-state index >= 15 is 0 Å². The van der Waals surface area contributed by atoms with Gasteiger partial charge in [0.1, 0.15) is 6.61 Å². The molecule has 0 saturated heterocycles. The summed E-state index contributed by atoms with van der Waals surface area (Å²) in [5.41, 5.74) is 4.74. The molecule has 184 valence electrons. The first-order chi connectivity index (χ1) is 17.0. The summed E-state index contributed by atoms with van der Waals surface area (Å²) < 4.78 is 5.65. The lowest BCUT2D eigenvalue weighted by molar-refractivity contribution is -0.138. The van der Waals surface area contributed by atoms with Crippen molar-refractivity contribution in [2.75, 3.05) is 6.61 Å². The van der Waals surface area contributed by atoms with Gasteiger partial charge in [-0.1, -0.05) is 48.5 Å². The Morgan fingerprint density at radius 2 is 1.46 bits per heavy atom. The zero-order chi connectivity index (χ0) is 24.4. The third kappa shape index (κ3) is 5.19. The van der Waals surface area contributed by atoms with Gasteiger partial charge >= 0.3 is 12.1 Å². The number of alkyl carbamates (subject to hydrolysis) is 1. The molecule has 2 saturated carbocycles. The minimum Gasteiger partial charge on any atom is -0.481 e. The summed E-state index contributed by atoms with van der Waals surface area (Å²) in [6.45, 7) is 0.273. The monoisotopic (exact) mass is 476 g/mol. The lowest BCUT2D eigenvalue weighted by Crippen LogP contribution is -2.38. The number of aliphatic carboxylic acids is 1. The number of ether oxygens (including phenoxy) is 1. The topological polar surface area (TPSA) is 105 Å². The van der Waals surface area contributed by atoms with Crippen molar-refractivity contribution in [3.8, 4) is 11.1 Å². The van der Waals surface area contributed by atoms with Crippen LogP contribution in [0.15, 0.2) is 48.5 Å². The van der Waals surface area contributed by atoms with Crippen molar-refractivity contribution in [2.45, 2.75) is 62.9 Å². The summed E-state index contributed by atoms with van der Waals surface area (Å²) >= 11 is 0. The summed E-state index contributed by atoms with van der Waals surface area (Å²) in [6, 6.07) is 16.5. The summed E-state index contributed by atoms with van der Waals surface area (Å²) in [5, 5.41) is 15.0. The van der Waals surface area contributed by atoms with Crippen LogP contribution in [0.4, 0.5) is 4.79 Å².